The molecule has 1 fully saturated rings. The summed E-state index contributed by atoms with van der Waals surface area (Å²) < 4.78 is 0. The van der Waals surface area contributed by atoms with E-state index >= 15 is 0 Å². The van der Waals surface area contributed by atoms with E-state index in [0.29, 0.717) is 6.04 Å². The van der Waals surface area contributed by atoms with Crippen LogP contribution >= 0.6 is 11.3 Å². The molecule has 1 aliphatic heterocycles. The highest BCUT2D eigenvalue weighted by Gasteiger charge is 2.19. The van der Waals surface area contributed by atoms with Gasteiger partial charge in [0.1, 0.15) is 0 Å². The first-order chi connectivity index (χ1) is 11.7. The zero-order chi connectivity index (χ0) is 17.2. The molecule has 6 heteroatoms. The number of thiazole rings is 1. The fourth-order valence-electron chi connectivity index (χ4n) is 3.07. The first-order valence-electron chi connectivity index (χ1n) is 9.39. The minimum atomic E-state index is 0.553. The summed E-state index contributed by atoms with van der Waals surface area (Å²) in [5.41, 5.74) is 1.13. The van der Waals surface area contributed by atoms with Gasteiger partial charge in [0.15, 0.2) is 5.96 Å². The van der Waals surface area contributed by atoms with Gasteiger partial charge in [-0.1, -0.05) is 6.92 Å². The summed E-state index contributed by atoms with van der Waals surface area (Å²) in [6, 6.07) is 0.553. The molecule has 2 rings (SSSR count). The molecule has 1 aliphatic rings. The number of hydrogen-bond donors (Lipinski definition) is 2. The molecule has 136 valence electrons. The Hall–Kier alpha value is -1.14. The lowest BCUT2D eigenvalue weighted by molar-refractivity contribution is 0.206. The molecule has 0 atom stereocenters. The second kappa shape index (κ2) is 10.7. The lowest BCUT2D eigenvalue weighted by Gasteiger charge is -2.32. The molecule has 24 heavy (non-hydrogen) atoms. The largest absolute Gasteiger partial charge is 0.357 e. The van der Waals surface area contributed by atoms with E-state index in [9.17, 15) is 0 Å². The molecular formula is C18H33N5S. The van der Waals surface area contributed by atoms with Gasteiger partial charge in [-0.15, -0.1) is 11.3 Å². The lowest BCUT2D eigenvalue weighted by Crippen LogP contribution is -2.48. The van der Waals surface area contributed by atoms with Crippen molar-refractivity contribution < 1.29 is 0 Å². The first kappa shape index (κ1) is 19.2. The summed E-state index contributed by atoms with van der Waals surface area (Å²) in [5.74, 6) is 0.974. The average molecular weight is 352 g/mol. The monoisotopic (exact) mass is 351 g/mol. The van der Waals surface area contributed by atoms with E-state index < -0.39 is 0 Å². The van der Waals surface area contributed by atoms with Gasteiger partial charge in [-0.3, -0.25) is 4.99 Å². The van der Waals surface area contributed by atoms with E-state index in [2.05, 4.69) is 46.7 Å². The van der Waals surface area contributed by atoms with Gasteiger partial charge >= 0.3 is 0 Å². The van der Waals surface area contributed by atoms with Crippen LogP contribution in [0.3, 0.4) is 0 Å². The third kappa shape index (κ3) is 6.77. The van der Waals surface area contributed by atoms with Crippen LogP contribution in [0.25, 0.3) is 0 Å². The van der Waals surface area contributed by atoms with E-state index in [-0.39, 0.29) is 0 Å². The van der Waals surface area contributed by atoms with Crippen LogP contribution in [0.1, 0.15) is 50.2 Å². The molecule has 1 aromatic heterocycles. The van der Waals surface area contributed by atoms with Crippen LogP contribution in [0.4, 0.5) is 0 Å². The van der Waals surface area contributed by atoms with Gasteiger partial charge in [-0.2, -0.15) is 0 Å². The Morgan fingerprint density at radius 3 is 2.79 bits per heavy atom. The van der Waals surface area contributed by atoms with Crippen molar-refractivity contribution in [3.63, 3.8) is 0 Å². The lowest BCUT2D eigenvalue weighted by atomic mass is 10.1. The summed E-state index contributed by atoms with van der Waals surface area (Å²) in [7, 11) is 0. The fraction of sp³-hybridized carbons (Fsp3) is 0.778. The van der Waals surface area contributed by atoms with Crippen LogP contribution in [0.5, 0.6) is 0 Å². The van der Waals surface area contributed by atoms with Gasteiger partial charge < -0.3 is 15.5 Å². The van der Waals surface area contributed by atoms with Crippen molar-refractivity contribution in [2.24, 2.45) is 4.99 Å². The van der Waals surface area contributed by atoms with Crippen LogP contribution in [-0.2, 0) is 6.42 Å². The predicted octanol–water partition coefficient (Wildman–Crippen LogP) is 2.81. The van der Waals surface area contributed by atoms with E-state index in [4.69, 9.17) is 4.99 Å². The summed E-state index contributed by atoms with van der Waals surface area (Å²) in [6.07, 6.45) is 5.75. The molecule has 2 heterocycles. The maximum Gasteiger partial charge on any atom is 0.191 e. The molecule has 0 aromatic carbocycles. The van der Waals surface area contributed by atoms with Gasteiger partial charge in [-0.05, 0) is 46.1 Å². The van der Waals surface area contributed by atoms with Crippen molar-refractivity contribution in [3.8, 4) is 0 Å². The zero-order valence-electron chi connectivity index (χ0n) is 15.5. The highest BCUT2D eigenvalue weighted by molar-refractivity contribution is 7.09. The third-order valence-corrected chi connectivity index (χ3v) is 5.32. The van der Waals surface area contributed by atoms with Crippen LogP contribution in [-0.4, -0.2) is 54.6 Å². The van der Waals surface area contributed by atoms with Crippen molar-refractivity contribution in [3.05, 3.63) is 16.1 Å². The standard InChI is InChI=1S/C18H33N5S/c1-4-11-23-12-8-16(9-13-23)22-18(19-5-2)20-10-6-7-17-21-15(3)14-24-17/h14,16H,4-13H2,1-3H3,(H2,19,20,22). The van der Waals surface area contributed by atoms with Crippen LogP contribution < -0.4 is 10.6 Å². The predicted molar refractivity (Wildman–Crippen MR) is 104 cm³/mol. The number of rotatable bonds is 8. The number of hydrogen-bond acceptors (Lipinski definition) is 4. The first-order valence-corrected chi connectivity index (χ1v) is 10.3. The molecule has 0 aliphatic carbocycles. The molecule has 1 aromatic rings. The number of piperidine rings is 1. The van der Waals surface area contributed by atoms with Crippen molar-refractivity contribution in [1.29, 1.82) is 0 Å². The van der Waals surface area contributed by atoms with E-state index in [0.717, 1.165) is 37.6 Å². The van der Waals surface area contributed by atoms with Crippen molar-refractivity contribution in [1.82, 2.24) is 20.5 Å². The summed E-state index contributed by atoms with van der Waals surface area (Å²) in [6.45, 7) is 11.8. The van der Waals surface area contributed by atoms with Crippen LogP contribution in [0.15, 0.2) is 10.4 Å². The van der Waals surface area contributed by atoms with Gasteiger partial charge in [0.2, 0.25) is 0 Å². The van der Waals surface area contributed by atoms with Crippen molar-refractivity contribution in [2.75, 3.05) is 32.7 Å². The second-order valence-electron chi connectivity index (χ2n) is 6.51. The zero-order valence-corrected chi connectivity index (χ0v) is 16.3. The molecule has 0 unspecified atom stereocenters. The highest BCUT2D eigenvalue weighted by atomic mass is 32.1. The van der Waals surface area contributed by atoms with Crippen LogP contribution in [0.2, 0.25) is 0 Å². The van der Waals surface area contributed by atoms with Crippen molar-refractivity contribution in [2.45, 2.75) is 58.9 Å². The second-order valence-corrected chi connectivity index (χ2v) is 7.45. The molecule has 0 amide bonds. The molecule has 2 N–H and O–H groups in total. The number of likely N-dealkylation sites (tertiary alicyclic amines) is 1. The van der Waals surface area contributed by atoms with Gasteiger partial charge in [0.25, 0.3) is 0 Å². The van der Waals surface area contributed by atoms with E-state index in [1.807, 2.05) is 0 Å². The molecule has 0 bridgehead atoms. The average Bonchev–Trinajstić information content (AvgIpc) is 2.99. The number of nitrogens with zero attached hydrogens (tertiary/aromatic N) is 3. The Balaban J connectivity index is 1.72. The number of guanidine groups is 1. The van der Waals surface area contributed by atoms with E-state index in [1.165, 1.54) is 43.9 Å². The number of aryl methyl sites for hydroxylation is 2. The van der Waals surface area contributed by atoms with Gasteiger partial charge in [-0.25, -0.2) is 4.98 Å². The summed E-state index contributed by atoms with van der Waals surface area (Å²) in [5, 5.41) is 10.3. The van der Waals surface area contributed by atoms with Gasteiger partial charge in [0, 0.05) is 49.7 Å². The minimum absolute atomic E-state index is 0.553. The Bertz CT molecular complexity index is 491. The third-order valence-electron chi connectivity index (χ3n) is 4.30. The summed E-state index contributed by atoms with van der Waals surface area (Å²) in [4.78, 5) is 11.8. The molecule has 0 radical (unpaired) electrons. The molecular weight excluding hydrogens is 318 g/mol. The van der Waals surface area contributed by atoms with Crippen molar-refractivity contribution >= 4 is 17.3 Å². The number of aliphatic imine (C=N–C) groups is 1. The normalized spacial score (nSPS) is 17.2. The fourth-order valence-corrected chi connectivity index (χ4v) is 3.89. The SMILES string of the molecule is CCCN1CCC(NC(=NCCCc2nc(C)cs2)NCC)CC1. The van der Waals surface area contributed by atoms with Gasteiger partial charge in [0.05, 0.1) is 5.01 Å². The van der Waals surface area contributed by atoms with Crippen LogP contribution in [0, 0.1) is 6.92 Å². The Labute approximate surface area is 151 Å². The summed E-state index contributed by atoms with van der Waals surface area (Å²) >= 11 is 1.76. The molecule has 5 nitrogen and oxygen atoms in total. The maximum absolute atomic E-state index is 4.74. The topological polar surface area (TPSA) is 52.5 Å². The number of aromatic nitrogens is 1. The minimum Gasteiger partial charge on any atom is -0.357 e. The highest BCUT2D eigenvalue weighted by Crippen LogP contribution is 2.11. The Morgan fingerprint density at radius 2 is 2.17 bits per heavy atom. The smallest absolute Gasteiger partial charge is 0.191 e. The number of nitrogens with one attached hydrogen (secondary N) is 2. The Morgan fingerprint density at radius 1 is 1.38 bits per heavy atom. The maximum atomic E-state index is 4.74. The molecule has 0 saturated carbocycles. The van der Waals surface area contributed by atoms with E-state index in [1.54, 1.807) is 11.3 Å². The quantitative estimate of drug-likeness (QED) is 0.430. The molecule has 0 spiro atoms. The Kier molecular flexibility index (Phi) is 8.53. The molecule has 1 saturated heterocycles.